The first-order chi connectivity index (χ1) is 14.4. The van der Waals surface area contributed by atoms with Crippen molar-refractivity contribution in [2.45, 2.75) is 45.1 Å². The predicted octanol–water partition coefficient (Wildman–Crippen LogP) is 5.81. The molecule has 0 saturated heterocycles. The van der Waals surface area contributed by atoms with E-state index in [1.807, 2.05) is 12.1 Å². The summed E-state index contributed by atoms with van der Waals surface area (Å²) in [5.41, 5.74) is 1.49. The minimum atomic E-state index is -0.660. The molecule has 1 N–H and O–H groups in total. The fraction of sp³-hybridized carbons (Fsp3) is 0.304. The normalized spacial score (nSPS) is 14.8. The molecule has 1 heterocycles. The molecule has 2 aromatic carbocycles. The molecule has 0 radical (unpaired) electrons. The van der Waals surface area contributed by atoms with Crippen molar-refractivity contribution in [3.63, 3.8) is 0 Å². The van der Waals surface area contributed by atoms with Crippen molar-refractivity contribution in [3.8, 4) is 11.8 Å². The fourth-order valence-corrected chi connectivity index (χ4v) is 3.35. The zero-order valence-electron chi connectivity index (χ0n) is 16.7. The largest absolute Gasteiger partial charge is 0.416 e. The monoisotopic (exact) mass is 412 g/mol. The second-order valence-electron chi connectivity index (χ2n) is 7.61. The van der Waals surface area contributed by atoms with E-state index in [4.69, 9.17) is 9.15 Å². The smallest absolute Gasteiger partial charge is 0.399 e. The Morgan fingerprint density at radius 2 is 1.97 bits per heavy atom. The van der Waals surface area contributed by atoms with Gasteiger partial charge < -0.3 is 14.5 Å². The molecule has 1 aliphatic rings. The van der Waals surface area contributed by atoms with Gasteiger partial charge in [-0.2, -0.15) is 4.98 Å². The van der Waals surface area contributed by atoms with Gasteiger partial charge in [0.1, 0.15) is 23.6 Å². The summed E-state index contributed by atoms with van der Waals surface area (Å²) >= 11 is 0. The van der Waals surface area contributed by atoms with Crippen LogP contribution in [0.2, 0.25) is 0 Å². The van der Waals surface area contributed by atoms with Gasteiger partial charge in [0.05, 0.1) is 6.04 Å². The van der Waals surface area contributed by atoms with E-state index in [1.54, 1.807) is 13.0 Å². The lowest BCUT2D eigenvalue weighted by Crippen LogP contribution is -2.27. The first-order valence-electron chi connectivity index (χ1n) is 9.90. The highest BCUT2D eigenvalue weighted by Crippen LogP contribution is 2.37. The minimum absolute atomic E-state index is 0.0139. The van der Waals surface area contributed by atoms with Gasteiger partial charge in [-0.05, 0) is 68.0 Å². The minimum Gasteiger partial charge on any atom is -0.416 e. The standard InChI is InChI=1S/C23H22F2N2O3/c1-13-19(24)10-17(11-20(13)25)14(2)26-22(28)21-12-29-23(27-21)30-18-8-4-7-16(9-18)15-5-3-6-15/h4,7-12,14-15H,3,5-6H2,1-2H3,(H,26,28). The van der Waals surface area contributed by atoms with Gasteiger partial charge in [-0.1, -0.05) is 18.6 Å². The number of nitrogens with one attached hydrogen (secondary N) is 1. The van der Waals surface area contributed by atoms with Crippen molar-refractivity contribution in [2.24, 2.45) is 0 Å². The molecule has 5 nitrogen and oxygen atoms in total. The van der Waals surface area contributed by atoms with Gasteiger partial charge in [-0.15, -0.1) is 0 Å². The Kier molecular flexibility index (Phi) is 5.53. The second-order valence-corrected chi connectivity index (χ2v) is 7.61. The van der Waals surface area contributed by atoms with E-state index in [2.05, 4.69) is 16.4 Å². The number of hydrogen-bond donors (Lipinski definition) is 1. The second kappa shape index (κ2) is 8.26. The highest BCUT2D eigenvalue weighted by Gasteiger charge is 2.21. The molecule has 7 heteroatoms. The summed E-state index contributed by atoms with van der Waals surface area (Å²) in [5.74, 6) is -0.699. The first kappa shape index (κ1) is 20.1. The van der Waals surface area contributed by atoms with E-state index in [0.29, 0.717) is 17.2 Å². The van der Waals surface area contributed by atoms with Crippen LogP contribution in [-0.2, 0) is 0 Å². The number of hydrogen-bond acceptors (Lipinski definition) is 4. The Morgan fingerprint density at radius 1 is 1.23 bits per heavy atom. The molecule has 30 heavy (non-hydrogen) atoms. The molecule has 0 bridgehead atoms. The van der Waals surface area contributed by atoms with Crippen LogP contribution in [-0.4, -0.2) is 10.9 Å². The maximum Gasteiger partial charge on any atom is 0.399 e. The van der Waals surface area contributed by atoms with Gasteiger partial charge in [0.15, 0.2) is 5.69 Å². The molecule has 3 aromatic rings. The first-order valence-corrected chi connectivity index (χ1v) is 9.90. The van der Waals surface area contributed by atoms with Gasteiger partial charge in [0.25, 0.3) is 5.91 Å². The fourth-order valence-electron chi connectivity index (χ4n) is 3.35. The number of carbonyl (C=O) groups is 1. The van der Waals surface area contributed by atoms with Crippen molar-refractivity contribution in [2.75, 3.05) is 0 Å². The number of oxazole rings is 1. The van der Waals surface area contributed by atoms with Crippen LogP contribution in [0.15, 0.2) is 47.1 Å². The lowest BCUT2D eigenvalue weighted by molar-refractivity contribution is 0.0934. The molecule has 0 aliphatic heterocycles. The number of amides is 1. The van der Waals surface area contributed by atoms with Gasteiger partial charge in [-0.25, -0.2) is 8.78 Å². The van der Waals surface area contributed by atoms with Crippen LogP contribution in [0.25, 0.3) is 0 Å². The predicted molar refractivity (Wildman–Crippen MR) is 107 cm³/mol. The number of nitrogens with zero attached hydrogens (tertiary/aromatic N) is 1. The molecular formula is C23H22F2N2O3. The molecule has 1 atom stereocenters. The van der Waals surface area contributed by atoms with Gasteiger partial charge >= 0.3 is 6.08 Å². The van der Waals surface area contributed by atoms with Gasteiger partial charge in [0.2, 0.25) is 0 Å². The van der Waals surface area contributed by atoms with Crippen LogP contribution in [0.3, 0.4) is 0 Å². The van der Waals surface area contributed by atoms with Crippen LogP contribution in [0.1, 0.15) is 65.3 Å². The molecule has 156 valence electrons. The van der Waals surface area contributed by atoms with Crippen molar-refractivity contribution in [1.82, 2.24) is 10.3 Å². The quantitative estimate of drug-likeness (QED) is 0.555. The Balaban J connectivity index is 1.41. The Hall–Kier alpha value is -3.22. The maximum absolute atomic E-state index is 13.8. The van der Waals surface area contributed by atoms with E-state index < -0.39 is 23.6 Å². The average Bonchev–Trinajstić information content (AvgIpc) is 3.13. The number of ether oxygens (including phenoxy) is 1. The van der Waals surface area contributed by atoms with E-state index in [9.17, 15) is 13.6 Å². The van der Waals surface area contributed by atoms with E-state index in [0.717, 1.165) is 0 Å². The lowest BCUT2D eigenvalue weighted by atomic mass is 9.80. The zero-order valence-corrected chi connectivity index (χ0v) is 16.7. The number of carbonyl (C=O) groups excluding carboxylic acids is 1. The Labute approximate surface area is 173 Å². The van der Waals surface area contributed by atoms with Crippen molar-refractivity contribution in [1.29, 1.82) is 0 Å². The van der Waals surface area contributed by atoms with E-state index >= 15 is 0 Å². The summed E-state index contributed by atoms with van der Waals surface area (Å²) in [6.07, 6.45) is 4.74. The lowest BCUT2D eigenvalue weighted by Gasteiger charge is -2.25. The highest BCUT2D eigenvalue weighted by atomic mass is 19.1. The topological polar surface area (TPSA) is 64.4 Å². The molecule has 1 fully saturated rings. The molecule has 4 rings (SSSR count). The van der Waals surface area contributed by atoms with Crippen LogP contribution < -0.4 is 10.1 Å². The molecule has 1 amide bonds. The summed E-state index contributed by atoms with van der Waals surface area (Å²) in [5, 5.41) is 2.65. The highest BCUT2D eigenvalue weighted by molar-refractivity contribution is 5.92. The third kappa shape index (κ3) is 4.20. The summed E-state index contributed by atoms with van der Waals surface area (Å²) in [4.78, 5) is 16.5. The molecular weight excluding hydrogens is 390 g/mol. The number of aromatic nitrogens is 1. The molecule has 1 aliphatic carbocycles. The maximum atomic E-state index is 13.8. The SMILES string of the molecule is Cc1c(F)cc(C(C)NC(=O)c2coc(Oc3cccc(C4CCC4)c3)n2)cc1F. The Morgan fingerprint density at radius 3 is 2.63 bits per heavy atom. The van der Waals surface area contributed by atoms with Crippen LogP contribution in [0, 0.1) is 18.6 Å². The van der Waals surface area contributed by atoms with Crippen molar-refractivity contribution < 1.29 is 22.7 Å². The van der Waals surface area contributed by atoms with Crippen LogP contribution in [0.5, 0.6) is 11.8 Å². The van der Waals surface area contributed by atoms with Crippen molar-refractivity contribution in [3.05, 3.63) is 76.7 Å². The summed E-state index contributed by atoms with van der Waals surface area (Å²) in [6.45, 7) is 2.99. The Bertz CT molecular complexity index is 1050. The zero-order chi connectivity index (χ0) is 21.3. The van der Waals surface area contributed by atoms with E-state index in [1.165, 1.54) is 50.1 Å². The van der Waals surface area contributed by atoms with Crippen LogP contribution >= 0.6 is 0 Å². The van der Waals surface area contributed by atoms with E-state index in [-0.39, 0.29) is 17.3 Å². The molecule has 1 saturated carbocycles. The van der Waals surface area contributed by atoms with Gasteiger partial charge in [0, 0.05) is 5.56 Å². The molecule has 1 aromatic heterocycles. The number of halogens is 2. The van der Waals surface area contributed by atoms with Crippen molar-refractivity contribution >= 4 is 5.91 Å². The third-order valence-electron chi connectivity index (χ3n) is 5.51. The molecule has 1 unspecified atom stereocenters. The number of rotatable bonds is 6. The number of benzene rings is 2. The summed E-state index contributed by atoms with van der Waals surface area (Å²) < 4.78 is 38.5. The molecule has 0 spiro atoms. The van der Waals surface area contributed by atoms with Gasteiger partial charge in [-0.3, -0.25) is 4.79 Å². The average molecular weight is 412 g/mol. The summed E-state index contributed by atoms with van der Waals surface area (Å²) in [6, 6.07) is 9.53. The summed E-state index contributed by atoms with van der Waals surface area (Å²) in [7, 11) is 0. The third-order valence-corrected chi connectivity index (χ3v) is 5.51. The van der Waals surface area contributed by atoms with Crippen LogP contribution in [0.4, 0.5) is 8.78 Å².